The second-order valence-corrected chi connectivity index (χ2v) is 7.14. The van der Waals surface area contributed by atoms with E-state index in [1.54, 1.807) is 0 Å². The second-order valence-electron chi connectivity index (χ2n) is 7.14. The van der Waals surface area contributed by atoms with Gasteiger partial charge < -0.3 is 4.98 Å². The smallest absolute Gasteiger partial charge is 0.123 e. The molecule has 0 radical (unpaired) electrons. The van der Waals surface area contributed by atoms with Crippen LogP contribution in [-0.4, -0.2) is 10.7 Å². The lowest BCUT2D eigenvalue weighted by atomic mass is 9.87. The zero-order chi connectivity index (χ0) is 19.3. The number of H-pyrrole nitrogens is 1. The third-order valence-corrected chi connectivity index (χ3v) is 5.35. The van der Waals surface area contributed by atoms with Gasteiger partial charge in [-0.1, -0.05) is 48.5 Å². The van der Waals surface area contributed by atoms with Crippen LogP contribution < -0.4 is 0 Å². The maximum Gasteiger partial charge on any atom is 0.123 e. The number of nitrogens with zero attached hydrogens (tertiary/aromatic N) is 1. The van der Waals surface area contributed by atoms with Gasteiger partial charge in [0.25, 0.3) is 0 Å². The summed E-state index contributed by atoms with van der Waals surface area (Å²) in [6.45, 7) is 4.13. The minimum atomic E-state index is -0.235. The monoisotopic (exact) mass is 366 g/mol. The summed E-state index contributed by atoms with van der Waals surface area (Å²) in [5.74, 6) is -0.235. The van der Waals surface area contributed by atoms with Gasteiger partial charge in [-0.2, -0.15) is 0 Å². The third-order valence-electron chi connectivity index (χ3n) is 5.35. The molecule has 3 aromatic carbocycles. The number of aromatic nitrogens is 1. The SMILES string of the molecule is CC1=Nc2ccccc2C1=C(c1ccc(F)cc1)c1c(C)[nH]c2ccccc12. The lowest BCUT2D eigenvalue weighted by Crippen LogP contribution is -2.00. The summed E-state index contributed by atoms with van der Waals surface area (Å²) in [5, 5.41) is 1.16. The van der Waals surface area contributed by atoms with Gasteiger partial charge in [0.05, 0.1) is 5.69 Å². The van der Waals surface area contributed by atoms with Crippen molar-refractivity contribution in [3.63, 3.8) is 0 Å². The minimum Gasteiger partial charge on any atom is -0.358 e. The van der Waals surface area contributed by atoms with Gasteiger partial charge in [-0.05, 0) is 43.7 Å². The van der Waals surface area contributed by atoms with E-state index in [9.17, 15) is 4.39 Å². The number of para-hydroxylation sites is 2. The maximum atomic E-state index is 13.7. The van der Waals surface area contributed by atoms with Crippen LogP contribution in [0.1, 0.15) is 29.3 Å². The van der Waals surface area contributed by atoms with Gasteiger partial charge in [0.15, 0.2) is 0 Å². The van der Waals surface area contributed by atoms with Crippen molar-refractivity contribution in [3.05, 3.63) is 101 Å². The summed E-state index contributed by atoms with van der Waals surface area (Å²) in [6, 6.07) is 23.2. The lowest BCUT2D eigenvalue weighted by Gasteiger charge is -2.15. The number of allylic oxidation sites excluding steroid dienone is 1. The molecule has 1 aliphatic heterocycles. The van der Waals surface area contributed by atoms with Crippen LogP contribution in [0.15, 0.2) is 77.8 Å². The number of hydrogen-bond donors (Lipinski definition) is 1. The summed E-state index contributed by atoms with van der Waals surface area (Å²) in [5.41, 5.74) is 9.57. The van der Waals surface area contributed by atoms with E-state index in [4.69, 9.17) is 4.99 Å². The Labute approximate surface area is 163 Å². The molecule has 4 aromatic rings. The predicted octanol–water partition coefficient (Wildman–Crippen LogP) is 6.68. The van der Waals surface area contributed by atoms with Crippen molar-refractivity contribution in [1.82, 2.24) is 4.98 Å². The van der Waals surface area contributed by atoms with Crippen LogP contribution in [0.25, 0.3) is 22.0 Å². The van der Waals surface area contributed by atoms with Gasteiger partial charge >= 0.3 is 0 Å². The minimum absolute atomic E-state index is 0.235. The molecule has 0 unspecified atom stereocenters. The first-order valence-electron chi connectivity index (χ1n) is 9.36. The summed E-state index contributed by atoms with van der Waals surface area (Å²) in [6.07, 6.45) is 0. The van der Waals surface area contributed by atoms with E-state index >= 15 is 0 Å². The Morgan fingerprint density at radius 1 is 0.857 bits per heavy atom. The van der Waals surface area contributed by atoms with Crippen molar-refractivity contribution in [3.8, 4) is 0 Å². The summed E-state index contributed by atoms with van der Waals surface area (Å²) in [4.78, 5) is 8.29. The molecule has 0 fully saturated rings. The van der Waals surface area contributed by atoms with E-state index in [1.807, 2.05) is 43.3 Å². The number of rotatable bonds is 2. The number of nitrogens with one attached hydrogen (secondary N) is 1. The quantitative estimate of drug-likeness (QED) is 0.410. The first kappa shape index (κ1) is 16.7. The van der Waals surface area contributed by atoms with Crippen molar-refractivity contribution in [2.75, 3.05) is 0 Å². The van der Waals surface area contributed by atoms with Gasteiger partial charge in [-0.25, -0.2) is 4.39 Å². The largest absolute Gasteiger partial charge is 0.358 e. The Morgan fingerprint density at radius 2 is 1.57 bits per heavy atom. The number of aryl methyl sites for hydroxylation is 1. The molecule has 0 amide bonds. The molecule has 28 heavy (non-hydrogen) atoms. The normalized spacial score (nSPS) is 14.9. The molecule has 0 spiro atoms. The zero-order valence-electron chi connectivity index (χ0n) is 15.8. The molecule has 1 aromatic heterocycles. The van der Waals surface area contributed by atoms with E-state index in [1.165, 1.54) is 12.1 Å². The van der Waals surface area contributed by atoms with Crippen molar-refractivity contribution in [2.24, 2.45) is 4.99 Å². The number of aromatic amines is 1. The highest BCUT2D eigenvalue weighted by Gasteiger charge is 2.25. The first-order valence-corrected chi connectivity index (χ1v) is 9.36. The standard InChI is InChI=1S/C25H19FN2/c1-15-23(19-7-3-5-9-21(19)27-15)25(17-11-13-18(26)14-12-17)24-16(2)28-22-10-6-4-8-20(22)24/h3-14,27H,1-2H3. The third kappa shape index (κ3) is 2.51. The van der Waals surface area contributed by atoms with E-state index in [-0.39, 0.29) is 5.82 Å². The van der Waals surface area contributed by atoms with E-state index in [0.717, 1.165) is 55.8 Å². The number of aliphatic imine (C=N–C) groups is 1. The fraction of sp³-hybridized carbons (Fsp3) is 0.0800. The average molecular weight is 366 g/mol. The first-order chi connectivity index (χ1) is 13.6. The molecule has 1 N–H and O–H groups in total. The van der Waals surface area contributed by atoms with Crippen molar-refractivity contribution in [1.29, 1.82) is 0 Å². The molecule has 136 valence electrons. The van der Waals surface area contributed by atoms with E-state index < -0.39 is 0 Å². The van der Waals surface area contributed by atoms with Gasteiger partial charge in [0, 0.05) is 44.6 Å². The Balaban J connectivity index is 1.92. The van der Waals surface area contributed by atoms with Crippen molar-refractivity contribution < 1.29 is 4.39 Å². The summed E-state index contributed by atoms with van der Waals surface area (Å²) in [7, 11) is 0. The predicted molar refractivity (Wildman–Crippen MR) is 115 cm³/mol. The van der Waals surface area contributed by atoms with E-state index in [2.05, 4.69) is 36.2 Å². The Hall–Kier alpha value is -3.46. The Bertz CT molecular complexity index is 1270. The van der Waals surface area contributed by atoms with Gasteiger partial charge in [0.2, 0.25) is 0 Å². The summed E-state index contributed by atoms with van der Waals surface area (Å²) < 4.78 is 13.7. The highest BCUT2D eigenvalue weighted by molar-refractivity contribution is 6.36. The van der Waals surface area contributed by atoms with Crippen LogP contribution in [-0.2, 0) is 0 Å². The van der Waals surface area contributed by atoms with Gasteiger partial charge in [-0.3, -0.25) is 4.99 Å². The molecule has 5 rings (SSSR count). The average Bonchev–Trinajstić information content (AvgIpc) is 3.20. The highest BCUT2D eigenvalue weighted by atomic mass is 19.1. The molecule has 0 atom stereocenters. The van der Waals surface area contributed by atoms with Crippen LogP contribution in [0, 0.1) is 12.7 Å². The lowest BCUT2D eigenvalue weighted by molar-refractivity contribution is 0.627. The molecule has 2 nitrogen and oxygen atoms in total. The molecular weight excluding hydrogens is 347 g/mol. The Kier molecular flexibility index (Phi) is 3.76. The number of benzene rings is 3. The molecular formula is C25H19FN2. The molecule has 0 saturated heterocycles. The summed E-state index contributed by atoms with van der Waals surface area (Å²) >= 11 is 0. The molecule has 0 saturated carbocycles. The van der Waals surface area contributed by atoms with Crippen LogP contribution in [0.5, 0.6) is 0 Å². The van der Waals surface area contributed by atoms with Crippen LogP contribution >= 0.6 is 0 Å². The van der Waals surface area contributed by atoms with Crippen LogP contribution in [0.3, 0.4) is 0 Å². The van der Waals surface area contributed by atoms with Crippen molar-refractivity contribution >= 4 is 33.4 Å². The number of halogens is 1. The molecule has 0 bridgehead atoms. The van der Waals surface area contributed by atoms with Gasteiger partial charge in [-0.15, -0.1) is 0 Å². The fourth-order valence-corrected chi connectivity index (χ4v) is 4.16. The van der Waals surface area contributed by atoms with E-state index in [0.29, 0.717) is 0 Å². The fourth-order valence-electron chi connectivity index (χ4n) is 4.16. The molecule has 1 aliphatic rings. The number of fused-ring (bicyclic) bond motifs is 2. The maximum absolute atomic E-state index is 13.7. The van der Waals surface area contributed by atoms with Crippen LogP contribution in [0.4, 0.5) is 10.1 Å². The van der Waals surface area contributed by atoms with Crippen molar-refractivity contribution in [2.45, 2.75) is 13.8 Å². The van der Waals surface area contributed by atoms with Gasteiger partial charge in [0.1, 0.15) is 5.82 Å². The Morgan fingerprint density at radius 3 is 2.39 bits per heavy atom. The zero-order valence-corrected chi connectivity index (χ0v) is 15.8. The molecule has 2 heterocycles. The molecule has 0 aliphatic carbocycles. The number of hydrogen-bond acceptors (Lipinski definition) is 1. The highest BCUT2D eigenvalue weighted by Crippen LogP contribution is 2.44. The molecule has 3 heteroatoms. The van der Waals surface area contributed by atoms with Crippen LogP contribution in [0.2, 0.25) is 0 Å². The topological polar surface area (TPSA) is 28.1 Å². The second kappa shape index (κ2) is 6.31.